The van der Waals surface area contributed by atoms with Crippen molar-refractivity contribution in [3.63, 3.8) is 0 Å². The number of rotatable bonds is 7. The van der Waals surface area contributed by atoms with Crippen molar-refractivity contribution < 1.29 is 23.4 Å². The van der Waals surface area contributed by atoms with E-state index in [1.165, 1.54) is 0 Å². The second-order valence-corrected chi connectivity index (χ2v) is 6.63. The molecular formula is C24H20N2O5. The van der Waals surface area contributed by atoms with Crippen LogP contribution < -0.4 is 9.47 Å². The molecule has 7 heteroatoms. The molecule has 1 heterocycles. The molecule has 3 aromatic carbocycles. The second-order valence-electron chi connectivity index (χ2n) is 6.63. The van der Waals surface area contributed by atoms with Gasteiger partial charge in [-0.1, -0.05) is 30.3 Å². The van der Waals surface area contributed by atoms with Gasteiger partial charge in [-0.05, 0) is 55.5 Å². The van der Waals surface area contributed by atoms with Crippen LogP contribution in [0.15, 0.2) is 83.3 Å². The summed E-state index contributed by atoms with van der Waals surface area (Å²) >= 11 is 0. The van der Waals surface area contributed by atoms with E-state index in [1.807, 2.05) is 42.5 Å². The Labute approximate surface area is 179 Å². The quantitative estimate of drug-likeness (QED) is 0.370. The highest BCUT2D eigenvalue weighted by molar-refractivity contribution is 5.92. The van der Waals surface area contributed by atoms with Gasteiger partial charge in [0.25, 0.3) is 5.89 Å². The highest BCUT2D eigenvalue weighted by Crippen LogP contribution is 2.28. The first kappa shape index (κ1) is 20.2. The van der Waals surface area contributed by atoms with Crippen molar-refractivity contribution >= 4 is 5.97 Å². The number of ether oxygens (including phenoxy) is 3. The molecule has 0 N–H and O–H groups in total. The summed E-state index contributed by atoms with van der Waals surface area (Å²) in [6.45, 7) is 1.67. The minimum Gasteiger partial charge on any atom is -0.497 e. The third-order valence-electron chi connectivity index (χ3n) is 4.49. The summed E-state index contributed by atoms with van der Waals surface area (Å²) in [6.07, 6.45) is -0.739. The smallest absolute Gasteiger partial charge is 0.342 e. The van der Waals surface area contributed by atoms with Crippen molar-refractivity contribution in [3.8, 4) is 28.7 Å². The van der Waals surface area contributed by atoms with Crippen LogP contribution in [0.1, 0.15) is 29.3 Å². The molecule has 0 aliphatic heterocycles. The molecule has 0 bridgehead atoms. The fourth-order valence-electron chi connectivity index (χ4n) is 2.86. The summed E-state index contributed by atoms with van der Waals surface area (Å²) in [5, 5.41) is 8.06. The number of esters is 1. The van der Waals surface area contributed by atoms with Crippen LogP contribution >= 0.6 is 0 Å². The van der Waals surface area contributed by atoms with E-state index in [4.69, 9.17) is 18.6 Å². The minimum absolute atomic E-state index is 0.195. The number of para-hydroxylation sites is 2. The number of benzene rings is 3. The van der Waals surface area contributed by atoms with Gasteiger partial charge in [-0.25, -0.2) is 4.79 Å². The van der Waals surface area contributed by atoms with Gasteiger partial charge in [0.15, 0.2) is 6.10 Å². The monoisotopic (exact) mass is 416 g/mol. The molecular weight excluding hydrogens is 396 g/mol. The Morgan fingerprint density at radius 3 is 2.32 bits per heavy atom. The summed E-state index contributed by atoms with van der Waals surface area (Å²) in [7, 11) is 1.60. The van der Waals surface area contributed by atoms with Crippen LogP contribution in [0, 0.1) is 0 Å². The van der Waals surface area contributed by atoms with Crippen molar-refractivity contribution in [3.05, 3.63) is 90.3 Å². The third kappa shape index (κ3) is 4.72. The van der Waals surface area contributed by atoms with Gasteiger partial charge in [-0.15, -0.1) is 10.2 Å². The molecule has 0 radical (unpaired) electrons. The number of nitrogens with zero attached hydrogens (tertiary/aromatic N) is 2. The van der Waals surface area contributed by atoms with Crippen molar-refractivity contribution in [1.82, 2.24) is 10.2 Å². The lowest BCUT2D eigenvalue weighted by atomic mass is 10.2. The number of hydrogen-bond acceptors (Lipinski definition) is 7. The largest absolute Gasteiger partial charge is 0.497 e. The molecule has 0 fully saturated rings. The van der Waals surface area contributed by atoms with Gasteiger partial charge in [-0.2, -0.15) is 0 Å². The lowest BCUT2D eigenvalue weighted by Crippen LogP contribution is -2.10. The van der Waals surface area contributed by atoms with E-state index in [1.54, 1.807) is 50.4 Å². The predicted molar refractivity (Wildman–Crippen MR) is 113 cm³/mol. The molecule has 4 rings (SSSR count). The van der Waals surface area contributed by atoms with Crippen LogP contribution in [0.2, 0.25) is 0 Å². The fraction of sp³-hybridized carbons (Fsp3) is 0.125. The number of hydrogen-bond donors (Lipinski definition) is 0. The maximum Gasteiger partial charge on any atom is 0.342 e. The number of aromatic nitrogens is 2. The van der Waals surface area contributed by atoms with Gasteiger partial charge in [0.05, 0.1) is 7.11 Å². The summed E-state index contributed by atoms with van der Waals surface area (Å²) in [4.78, 5) is 12.8. The van der Waals surface area contributed by atoms with Gasteiger partial charge >= 0.3 is 5.97 Å². The van der Waals surface area contributed by atoms with E-state index >= 15 is 0 Å². The van der Waals surface area contributed by atoms with Crippen molar-refractivity contribution in [2.24, 2.45) is 0 Å². The van der Waals surface area contributed by atoms with Gasteiger partial charge in [-0.3, -0.25) is 0 Å². The zero-order valence-electron chi connectivity index (χ0n) is 17.0. The Bertz CT molecular complexity index is 1160. The minimum atomic E-state index is -0.739. The Morgan fingerprint density at radius 2 is 1.58 bits per heavy atom. The Hall–Kier alpha value is -4.13. The first-order valence-corrected chi connectivity index (χ1v) is 9.65. The predicted octanol–water partition coefficient (Wildman–Crippen LogP) is 5.46. The summed E-state index contributed by atoms with van der Waals surface area (Å²) < 4.78 is 22.2. The van der Waals surface area contributed by atoms with E-state index < -0.39 is 12.1 Å². The molecule has 0 amide bonds. The zero-order valence-corrected chi connectivity index (χ0v) is 17.0. The third-order valence-corrected chi connectivity index (χ3v) is 4.49. The maximum absolute atomic E-state index is 12.8. The van der Waals surface area contributed by atoms with Gasteiger partial charge < -0.3 is 18.6 Å². The van der Waals surface area contributed by atoms with Crippen LogP contribution in [0.3, 0.4) is 0 Å². The molecule has 0 saturated heterocycles. The molecule has 4 aromatic rings. The van der Waals surface area contributed by atoms with Crippen LogP contribution in [-0.4, -0.2) is 23.3 Å². The molecule has 0 spiro atoms. The molecule has 0 unspecified atom stereocenters. The van der Waals surface area contributed by atoms with Crippen LogP contribution in [0.4, 0.5) is 0 Å². The molecule has 0 saturated carbocycles. The molecule has 156 valence electrons. The van der Waals surface area contributed by atoms with Crippen molar-refractivity contribution in [2.45, 2.75) is 13.0 Å². The molecule has 1 aromatic heterocycles. The molecule has 0 aliphatic carbocycles. The van der Waals surface area contributed by atoms with Crippen molar-refractivity contribution in [1.29, 1.82) is 0 Å². The standard InChI is InChI=1S/C24H20N2O5/c1-16(22-25-26-23(31-22)17-12-14-18(28-2)15-13-17)29-24(27)20-10-6-7-11-21(20)30-19-8-4-3-5-9-19/h3-16H,1-2H3/t16-/m1/s1. The maximum atomic E-state index is 12.8. The molecule has 7 nitrogen and oxygen atoms in total. The Morgan fingerprint density at radius 1 is 0.871 bits per heavy atom. The van der Waals surface area contributed by atoms with Gasteiger partial charge in [0, 0.05) is 5.56 Å². The highest BCUT2D eigenvalue weighted by Gasteiger charge is 2.22. The summed E-state index contributed by atoms with van der Waals surface area (Å²) in [5.74, 6) is 1.71. The van der Waals surface area contributed by atoms with E-state index in [9.17, 15) is 4.79 Å². The van der Waals surface area contributed by atoms with Crippen molar-refractivity contribution in [2.75, 3.05) is 7.11 Å². The lowest BCUT2D eigenvalue weighted by molar-refractivity contribution is 0.0277. The van der Waals surface area contributed by atoms with E-state index in [2.05, 4.69) is 10.2 Å². The molecule has 31 heavy (non-hydrogen) atoms. The van der Waals surface area contributed by atoms with Gasteiger partial charge in [0.2, 0.25) is 5.89 Å². The number of methoxy groups -OCH3 is 1. The van der Waals surface area contributed by atoms with E-state index in [-0.39, 0.29) is 5.89 Å². The topological polar surface area (TPSA) is 83.7 Å². The number of carbonyl (C=O) groups is 1. The first-order valence-electron chi connectivity index (χ1n) is 9.65. The normalized spacial score (nSPS) is 11.5. The average Bonchev–Trinajstić information content (AvgIpc) is 3.31. The highest BCUT2D eigenvalue weighted by atomic mass is 16.6. The number of carbonyl (C=O) groups excluding carboxylic acids is 1. The van der Waals surface area contributed by atoms with E-state index in [0.29, 0.717) is 23.0 Å². The van der Waals surface area contributed by atoms with Crippen LogP contribution in [0.5, 0.6) is 17.2 Å². The van der Waals surface area contributed by atoms with Crippen LogP contribution in [0.25, 0.3) is 11.5 Å². The summed E-state index contributed by atoms with van der Waals surface area (Å²) in [5.41, 5.74) is 1.03. The van der Waals surface area contributed by atoms with Crippen LogP contribution in [-0.2, 0) is 4.74 Å². The first-order chi connectivity index (χ1) is 15.1. The Kier molecular flexibility index (Phi) is 5.93. The zero-order chi connectivity index (χ0) is 21.6. The molecule has 1 atom stereocenters. The second kappa shape index (κ2) is 9.13. The fourth-order valence-corrected chi connectivity index (χ4v) is 2.86. The summed E-state index contributed by atoms with van der Waals surface area (Å²) in [6, 6.07) is 23.3. The molecule has 0 aliphatic rings. The van der Waals surface area contributed by atoms with E-state index in [0.717, 1.165) is 11.3 Å². The average molecular weight is 416 g/mol. The lowest BCUT2D eigenvalue weighted by Gasteiger charge is -2.13. The Balaban J connectivity index is 1.47. The van der Waals surface area contributed by atoms with Gasteiger partial charge in [0.1, 0.15) is 22.8 Å². The SMILES string of the molecule is COc1ccc(-c2nnc([C@@H](C)OC(=O)c3ccccc3Oc3ccccc3)o2)cc1.